The van der Waals surface area contributed by atoms with Crippen molar-refractivity contribution in [2.75, 3.05) is 27.7 Å². The monoisotopic (exact) mass is 797 g/mol. The first-order valence-electron chi connectivity index (χ1n) is 20.3. The number of esters is 1. The third-order valence-electron chi connectivity index (χ3n) is 12.6. The number of fused-ring (bicyclic) bond motifs is 1. The zero-order valence-corrected chi connectivity index (χ0v) is 35.4. The Bertz CT molecular complexity index is 1720. The van der Waals surface area contributed by atoms with E-state index in [1.807, 2.05) is 55.7 Å². The third-order valence-corrected chi connectivity index (χ3v) is 12.6. The van der Waals surface area contributed by atoms with Gasteiger partial charge < -0.3 is 43.2 Å². The maximum absolute atomic E-state index is 14.7. The molecular formula is C42H63N5O10. The Labute approximate surface area is 336 Å². The van der Waals surface area contributed by atoms with E-state index in [4.69, 9.17) is 23.7 Å². The normalized spacial score (nSPS) is 37.1. The fraction of sp³-hybridized carbons (Fsp3) is 0.714. The molecule has 57 heavy (non-hydrogen) atoms. The lowest BCUT2D eigenvalue weighted by Gasteiger charge is -2.47. The van der Waals surface area contributed by atoms with Gasteiger partial charge in [0, 0.05) is 68.1 Å². The predicted molar refractivity (Wildman–Crippen MR) is 210 cm³/mol. The number of aryl methyl sites for hydroxylation is 1. The van der Waals surface area contributed by atoms with Gasteiger partial charge in [-0.15, -0.1) is 0 Å². The molecule has 15 nitrogen and oxygen atoms in total. The molecule has 3 saturated heterocycles. The number of imidazole rings is 1. The van der Waals surface area contributed by atoms with Gasteiger partial charge >= 0.3 is 12.1 Å². The number of hydrogen-bond acceptors (Lipinski definition) is 13. The number of likely N-dealkylation sites (N-methyl/N-ethyl adjacent to an activating group) is 1. The van der Waals surface area contributed by atoms with Crippen LogP contribution in [0.5, 0.6) is 0 Å². The predicted octanol–water partition coefficient (Wildman–Crippen LogP) is 4.54. The summed E-state index contributed by atoms with van der Waals surface area (Å²) < 4.78 is 33.1. The zero-order chi connectivity index (χ0) is 42.0. The van der Waals surface area contributed by atoms with Crippen LogP contribution in [0.25, 0.3) is 11.3 Å². The topological polar surface area (TPSA) is 172 Å². The summed E-state index contributed by atoms with van der Waals surface area (Å²) >= 11 is 0. The first-order valence-corrected chi connectivity index (χ1v) is 20.3. The van der Waals surface area contributed by atoms with Crippen LogP contribution in [-0.2, 0) is 44.6 Å². The van der Waals surface area contributed by atoms with Gasteiger partial charge in [-0.2, -0.15) is 0 Å². The van der Waals surface area contributed by atoms with Crippen LogP contribution in [0.15, 0.2) is 37.1 Å². The fourth-order valence-electron chi connectivity index (χ4n) is 9.28. The number of carbonyl (C=O) groups is 4. The molecular weight excluding hydrogens is 734 g/mol. The quantitative estimate of drug-likeness (QED) is 0.263. The van der Waals surface area contributed by atoms with Crippen molar-refractivity contribution < 1.29 is 48.0 Å². The number of cyclic esters (lactones) is 1. The first kappa shape index (κ1) is 44.3. The largest absolute Gasteiger partial charge is 0.458 e. The molecule has 5 heterocycles. The Kier molecular flexibility index (Phi) is 14.0. The number of aromatic nitrogens is 3. The van der Waals surface area contributed by atoms with E-state index in [1.165, 1.54) is 14.0 Å². The highest BCUT2D eigenvalue weighted by molar-refractivity contribution is 6.00. The molecule has 3 fully saturated rings. The van der Waals surface area contributed by atoms with E-state index in [9.17, 15) is 24.3 Å². The molecule has 316 valence electrons. The Morgan fingerprint density at radius 3 is 2.39 bits per heavy atom. The maximum Gasteiger partial charge on any atom is 0.410 e. The van der Waals surface area contributed by atoms with Gasteiger partial charge in [-0.1, -0.05) is 27.7 Å². The van der Waals surface area contributed by atoms with Crippen molar-refractivity contribution in [1.82, 2.24) is 24.3 Å². The van der Waals surface area contributed by atoms with E-state index in [-0.39, 0.29) is 37.3 Å². The summed E-state index contributed by atoms with van der Waals surface area (Å²) in [5, 5.41) is 11.4. The minimum absolute atomic E-state index is 0.124. The van der Waals surface area contributed by atoms with E-state index in [2.05, 4.69) is 9.97 Å². The van der Waals surface area contributed by atoms with Crippen molar-refractivity contribution in [2.24, 2.45) is 23.7 Å². The number of ether oxygens (including phenoxy) is 5. The average molecular weight is 798 g/mol. The number of aliphatic hydroxyl groups excluding tert-OH is 1. The van der Waals surface area contributed by atoms with Crippen molar-refractivity contribution in [3.8, 4) is 11.3 Å². The molecule has 0 bridgehead atoms. The number of hydrogen-bond donors (Lipinski definition) is 1. The standard InChI is InChI=1S/C42H63N5O10/c1-12-32-42(8)36(47(40(52)57-42)18-14-17-46-22-30(44-23-46)29-15-13-16-43-21-29)26(4)33(48)24(2)20-41(7,53-11)37(27(5)34(49)28(6)38(51)55-32)56-39-35(50)31(45(9)10)19-25(3)54-39/h13,15-16,21-28,31-32,35-37,39,50H,12,14,17-20H2,1-11H3/t24-,25-,26+,27+,28-,31+,32-,35-,36+,37-,39+,41-,42-/m1/s1. The lowest BCUT2D eigenvalue weighted by atomic mass is 9.73. The van der Waals surface area contributed by atoms with Crippen LogP contribution < -0.4 is 0 Å². The number of rotatable bonds is 10. The number of pyridine rings is 1. The van der Waals surface area contributed by atoms with Gasteiger partial charge in [0.25, 0.3) is 0 Å². The van der Waals surface area contributed by atoms with Gasteiger partial charge in [0.15, 0.2) is 17.7 Å². The third kappa shape index (κ3) is 9.12. The lowest BCUT2D eigenvalue weighted by Crippen LogP contribution is -2.60. The smallest absolute Gasteiger partial charge is 0.410 e. The summed E-state index contributed by atoms with van der Waals surface area (Å²) in [6.07, 6.45) is 3.50. The Morgan fingerprint density at radius 2 is 1.75 bits per heavy atom. The van der Waals surface area contributed by atoms with Crippen molar-refractivity contribution in [2.45, 2.75) is 142 Å². The molecule has 0 spiro atoms. The highest BCUT2D eigenvalue weighted by Crippen LogP contribution is 2.43. The molecule has 3 aliphatic heterocycles. The number of methoxy groups -OCH3 is 1. The second kappa shape index (κ2) is 18.0. The van der Waals surface area contributed by atoms with Crippen molar-refractivity contribution >= 4 is 23.6 Å². The molecule has 13 atom stereocenters. The summed E-state index contributed by atoms with van der Waals surface area (Å²) in [7, 11) is 5.23. The SMILES string of the molecule is CC[C@H]1OC(=O)[C@H](C)C(=O)[C@H](C)[C@@H](O[C@@H]2O[C@H](C)C[C@H](N(C)C)[C@H]2O)[C@](C)(OC)C[C@@H](C)C(=O)[C@H](C)[C@@H]2N(CCCn3cnc(-c4cccnc4)c3)C(=O)O[C@@]21C. The van der Waals surface area contributed by atoms with Crippen LogP contribution in [0.4, 0.5) is 4.79 Å². The molecule has 2 aromatic heterocycles. The van der Waals surface area contributed by atoms with E-state index in [1.54, 1.807) is 58.2 Å². The minimum atomic E-state index is -1.42. The molecule has 15 heteroatoms. The molecule has 0 radical (unpaired) electrons. The van der Waals surface area contributed by atoms with E-state index in [0.29, 0.717) is 19.4 Å². The van der Waals surface area contributed by atoms with Crippen LogP contribution in [0.1, 0.15) is 81.1 Å². The minimum Gasteiger partial charge on any atom is -0.458 e. The van der Waals surface area contributed by atoms with Gasteiger partial charge in [0.1, 0.15) is 23.9 Å². The van der Waals surface area contributed by atoms with Crippen molar-refractivity contribution in [3.63, 3.8) is 0 Å². The Balaban J connectivity index is 1.47. The average Bonchev–Trinajstić information content (AvgIpc) is 3.76. The van der Waals surface area contributed by atoms with Crippen LogP contribution in [0.2, 0.25) is 0 Å². The number of aliphatic hydroxyl groups is 1. The fourth-order valence-corrected chi connectivity index (χ4v) is 9.28. The lowest BCUT2D eigenvalue weighted by molar-refractivity contribution is -0.295. The Hall–Kier alpha value is -3.76. The molecule has 0 saturated carbocycles. The van der Waals surface area contributed by atoms with Crippen molar-refractivity contribution in [1.29, 1.82) is 0 Å². The van der Waals surface area contributed by atoms with Gasteiger partial charge in [-0.25, -0.2) is 9.78 Å². The molecule has 3 aliphatic rings. The Morgan fingerprint density at radius 1 is 1.04 bits per heavy atom. The van der Waals surface area contributed by atoms with Crippen LogP contribution in [0, 0.1) is 23.7 Å². The second-order valence-corrected chi connectivity index (χ2v) is 17.0. The van der Waals surface area contributed by atoms with Gasteiger partial charge in [-0.05, 0) is 79.6 Å². The van der Waals surface area contributed by atoms with Gasteiger partial charge in [0.2, 0.25) is 0 Å². The number of Topliss-reactive ketones (excluding diaryl/α,β-unsaturated/α-hetero) is 2. The van der Waals surface area contributed by atoms with E-state index >= 15 is 0 Å². The molecule has 1 N–H and O–H groups in total. The number of carbonyl (C=O) groups excluding carboxylic acids is 4. The van der Waals surface area contributed by atoms with Crippen molar-refractivity contribution in [3.05, 3.63) is 37.1 Å². The molecule has 0 aromatic carbocycles. The molecule has 0 unspecified atom stereocenters. The maximum atomic E-state index is 14.7. The van der Waals surface area contributed by atoms with Crippen LogP contribution in [-0.4, -0.2) is 135 Å². The molecule has 2 aromatic rings. The van der Waals surface area contributed by atoms with E-state index < -0.39 is 83.4 Å². The van der Waals surface area contributed by atoms with E-state index in [0.717, 1.165) is 11.3 Å². The first-order chi connectivity index (χ1) is 26.9. The van der Waals surface area contributed by atoms with Gasteiger partial charge in [0.05, 0.1) is 35.9 Å². The summed E-state index contributed by atoms with van der Waals surface area (Å²) in [4.78, 5) is 69.0. The summed E-state index contributed by atoms with van der Waals surface area (Å²) in [5.41, 5.74) is -1.03. The van der Waals surface area contributed by atoms with Crippen LogP contribution in [0.3, 0.4) is 0 Å². The highest BCUT2D eigenvalue weighted by atomic mass is 16.7. The molecule has 1 amide bonds. The summed E-state index contributed by atoms with van der Waals surface area (Å²) in [5.74, 6) is -5.00. The van der Waals surface area contributed by atoms with Gasteiger partial charge in [-0.3, -0.25) is 19.4 Å². The zero-order valence-electron chi connectivity index (χ0n) is 35.4. The highest BCUT2D eigenvalue weighted by Gasteiger charge is 2.60. The summed E-state index contributed by atoms with van der Waals surface area (Å²) in [6, 6.07) is 2.69. The number of nitrogens with zero attached hydrogens (tertiary/aromatic N) is 5. The van der Waals surface area contributed by atoms with Crippen LogP contribution >= 0.6 is 0 Å². The summed E-state index contributed by atoms with van der Waals surface area (Å²) in [6.45, 7) is 14.7. The number of ketones is 2. The molecule has 0 aliphatic carbocycles. The number of amides is 1. The molecule has 5 rings (SSSR count). The second-order valence-electron chi connectivity index (χ2n) is 17.0.